The molecule has 0 radical (unpaired) electrons. The first-order valence-corrected chi connectivity index (χ1v) is 10.1. The average Bonchev–Trinajstić information content (AvgIpc) is 3.15. The molecule has 1 saturated carbocycles. The van der Waals surface area contributed by atoms with Gasteiger partial charge in [0.1, 0.15) is 6.33 Å². The van der Waals surface area contributed by atoms with Gasteiger partial charge in [-0.05, 0) is 44.0 Å². The molecule has 1 aromatic carbocycles. The summed E-state index contributed by atoms with van der Waals surface area (Å²) in [5, 5.41) is 2.97. The number of nitrogens with one attached hydrogen (secondary N) is 2. The summed E-state index contributed by atoms with van der Waals surface area (Å²) >= 11 is 0. The topological polar surface area (TPSA) is 101 Å². The van der Waals surface area contributed by atoms with E-state index < -0.39 is 16.1 Å². The van der Waals surface area contributed by atoms with Gasteiger partial charge in [-0.1, -0.05) is 18.9 Å². The molecule has 138 valence electrons. The molecular formula is C18H22N4O3S. The molecule has 1 fully saturated rings. The van der Waals surface area contributed by atoms with Crippen LogP contribution in [0.1, 0.15) is 54.7 Å². The zero-order valence-electron chi connectivity index (χ0n) is 14.6. The van der Waals surface area contributed by atoms with Gasteiger partial charge in [0.2, 0.25) is 10.0 Å². The Kier molecular flexibility index (Phi) is 5.63. The van der Waals surface area contributed by atoms with Gasteiger partial charge in [0, 0.05) is 17.8 Å². The maximum atomic E-state index is 12.6. The number of rotatable bonds is 6. The van der Waals surface area contributed by atoms with E-state index in [-0.39, 0.29) is 16.8 Å². The van der Waals surface area contributed by atoms with E-state index in [4.69, 9.17) is 0 Å². The molecule has 2 N–H and O–H groups in total. The molecular weight excluding hydrogens is 352 g/mol. The molecule has 26 heavy (non-hydrogen) atoms. The van der Waals surface area contributed by atoms with Crippen molar-refractivity contribution in [2.45, 2.75) is 49.6 Å². The van der Waals surface area contributed by atoms with Crippen molar-refractivity contribution in [2.75, 3.05) is 0 Å². The lowest BCUT2D eigenvalue weighted by Gasteiger charge is -2.15. The van der Waals surface area contributed by atoms with E-state index in [1.54, 1.807) is 31.3 Å². The number of benzene rings is 1. The van der Waals surface area contributed by atoms with Crippen LogP contribution >= 0.6 is 0 Å². The molecule has 0 saturated heterocycles. The second-order valence-corrected chi connectivity index (χ2v) is 8.17. The third-order valence-corrected chi connectivity index (χ3v) is 6.02. The second-order valence-electron chi connectivity index (χ2n) is 6.46. The van der Waals surface area contributed by atoms with Crippen LogP contribution in [0.25, 0.3) is 0 Å². The predicted octanol–water partition coefficient (Wildman–Crippen LogP) is 2.19. The Bertz CT molecular complexity index is 865. The minimum Gasteiger partial charge on any atom is -0.349 e. The van der Waals surface area contributed by atoms with Gasteiger partial charge >= 0.3 is 0 Å². The Hall–Kier alpha value is -2.32. The molecule has 1 aromatic heterocycles. The van der Waals surface area contributed by atoms with Gasteiger partial charge in [-0.2, -0.15) is 0 Å². The molecule has 7 nitrogen and oxygen atoms in total. The van der Waals surface area contributed by atoms with Crippen LogP contribution in [0.15, 0.2) is 47.8 Å². The molecule has 1 atom stereocenters. The standard InChI is InChI=1S/C18H22N4O3S/c1-13(17-9-10-19-12-20-17)22-26(24,25)16-8-4-5-14(11-16)18(23)21-15-6-2-3-7-15/h4-5,8-13,15,22H,2-3,6-7H2,1H3,(H,21,23)/t13-/m1/s1. The first-order valence-electron chi connectivity index (χ1n) is 8.65. The highest BCUT2D eigenvalue weighted by molar-refractivity contribution is 7.89. The molecule has 1 heterocycles. The van der Waals surface area contributed by atoms with Gasteiger partial charge < -0.3 is 5.32 Å². The van der Waals surface area contributed by atoms with Gasteiger partial charge in [-0.25, -0.2) is 23.1 Å². The van der Waals surface area contributed by atoms with E-state index in [2.05, 4.69) is 20.0 Å². The Morgan fingerprint density at radius 3 is 2.69 bits per heavy atom. The molecule has 0 unspecified atom stereocenters. The molecule has 0 spiro atoms. The first kappa shape index (κ1) is 18.5. The first-order chi connectivity index (χ1) is 12.5. The average molecular weight is 374 g/mol. The summed E-state index contributed by atoms with van der Waals surface area (Å²) < 4.78 is 27.9. The number of carbonyl (C=O) groups excluding carboxylic acids is 1. The van der Waals surface area contributed by atoms with Crippen LogP contribution in [0.5, 0.6) is 0 Å². The maximum absolute atomic E-state index is 12.6. The van der Waals surface area contributed by atoms with Crippen LogP contribution in [0.4, 0.5) is 0 Å². The summed E-state index contributed by atoms with van der Waals surface area (Å²) in [6.45, 7) is 1.70. The van der Waals surface area contributed by atoms with E-state index >= 15 is 0 Å². The molecule has 0 bridgehead atoms. The van der Waals surface area contributed by atoms with Gasteiger partial charge in [0.15, 0.2) is 0 Å². The Labute approximate surface area is 153 Å². The molecule has 0 aliphatic heterocycles. The summed E-state index contributed by atoms with van der Waals surface area (Å²) in [6, 6.07) is 7.39. The van der Waals surface area contributed by atoms with Crippen molar-refractivity contribution in [2.24, 2.45) is 0 Å². The fourth-order valence-corrected chi connectivity index (χ4v) is 4.32. The van der Waals surface area contributed by atoms with Crippen molar-refractivity contribution < 1.29 is 13.2 Å². The summed E-state index contributed by atoms with van der Waals surface area (Å²) in [5.41, 5.74) is 0.910. The SMILES string of the molecule is C[C@@H](NS(=O)(=O)c1cccc(C(=O)NC2CCCC2)c1)c1ccncn1. The Morgan fingerprint density at radius 1 is 1.23 bits per heavy atom. The highest BCUT2D eigenvalue weighted by atomic mass is 32.2. The van der Waals surface area contributed by atoms with Gasteiger partial charge in [-0.3, -0.25) is 4.79 Å². The highest BCUT2D eigenvalue weighted by Crippen LogP contribution is 2.19. The van der Waals surface area contributed by atoms with Crippen LogP contribution in [0.2, 0.25) is 0 Å². The van der Waals surface area contributed by atoms with Crippen molar-refractivity contribution in [3.05, 3.63) is 54.1 Å². The Morgan fingerprint density at radius 2 is 2.00 bits per heavy atom. The van der Waals surface area contributed by atoms with Crippen LogP contribution in [-0.4, -0.2) is 30.3 Å². The van der Waals surface area contributed by atoms with Crippen LogP contribution in [0, 0.1) is 0 Å². The molecule has 1 aliphatic rings. The number of amides is 1. The van der Waals surface area contributed by atoms with E-state index in [9.17, 15) is 13.2 Å². The lowest BCUT2D eigenvalue weighted by molar-refractivity contribution is 0.0937. The number of aromatic nitrogens is 2. The highest BCUT2D eigenvalue weighted by Gasteiger charge is 2.22. The molecule has 2 aromatic rings. The number of hydrogen-bond acceptors (Lipinski definition) is 5. The molecule has 1 aliphatic carbocycles. The van der Waals surface area contributed by atoms with E-state index in [0.717, 1.165) is 25.7 Å². The van der Waals surface area contributed by atoms with Gasteiger partial charge in [0.25, 0.3) is 5.91 Å². The maximum Gasteiger partial charge on any atom is 0.251 e. The number of carbonyl (C=O) groups is 1. The number of hydrogen-bond donors (Lipinski definition) is 2. The fraction of sp³-hybridized carbons (Fsp3) is 0.389. The van der Waals surface area contributed by atoms with Gasteiger partial charge in [-0.15, -0.1) is 0 Å². The summed E-state index contributed by atoms with van der Waals surface area (Å²) in [4.78, 5) is 20.3. The van der Waals surface area contributed by atoms with Crippen molar-refractivity contribution in [3.8, 4) is 0 Å². The van der Waals surface area contributed by atoms with Crippen LogP contribution in [-0.2, 0) is 10.0 Å². The zero-order chi connectivity index (χ0) is 18.6. The van der Waals surface area contributed by atoms with Crippen molar-refractivity contribution in [3.63, 3.8) is 0 Å². The fourth-order valence-electron chi connectivity index (χ4n) is 3.06. The van der Waals surface area contributed by atoms with E-state index in [0.29, 0.717) is 11.3 Å². The van der Waals surface area contributed by atoms with Crippen LogP contribution < -0.4 is 10.0 Å². The minimum atomic E-state index is -3.78. The monoisotopic (exact) mass is 374 g/mol. The number of nitrogens with zero attached hydrogens (tertiary/aromatic N) is 2. The predicted molar refractivity (Wildman–Crippen MR) is 96.9 cm³/mol. The minimum absolute atomic E-state index is 0.0532. The molecule has 1 amide bonds. The Balaban J connectivity index is 1.74. The third kappa shape index (κ3) is 4.44. The van der Waals surface area contributed by atoms with E-state index in [1.807, 2.05) is 0 Å². The summed E-state index contributed by atoms with van der Waals surface area (Å²) in [6.07, 6.45) is 7.10. The lowest BCUT2D eigenvalue weighted by Crippen LogP contribution is -2.33. The third-order valence-electron chi connectivity index (χ3n) is 4.48. The lowest BCUT2D eigenvalue weighted by atomic mass is 10.2. The quantitative estimate of drug-likeness (QED) is 0.807. The van der Waals surface area contributed by atoms with Gasteiger partial charge in [0.05, 0.1) is 16.6 Å². The summed E-state index contributed by atoms with van der Waals surface area (Å²) in [7, 11) is -3.78. The molecule has 3 rings (SSSR count). The summed E-state index contributed by atoms with van der Waals surface area (Å²) in [5.74, 6) is -0.238. The smallest absolute Gasteiger partial charge is 0.251 e. The largest absolute Gasteiger partial charge is 0.349 e. The van der Waals surface area contributed by atoms with E-state index in [1.165, 1.54) is 18.5 Å². The normalized spacial score (nSPS) is 16.3. The zero-order valence-corrected chi connectivity index (χ0v) is 15.4. The van der Waals surface area contributed by atoms with Crippen molar-refractivity contribution >= 4 is 15.9 Å². The number of sulfonamides is 1. The second kappa shape index (κ2) is 7.92. The van der Waals surface area contributed by atoms with Crippen molar-refractivity contribution in [1.29, 1.82) is 0 Å². The molecule has 8 heteroatoms. The van der Waals surface area contributed by atoms with Crippen LogP contribution in [0.3, 0.4) is 0 Å². The van der Waals surface area contributed by atoms with Crippen molar-refractivity contribution in [1.82, 2.24) is 20.0 Å².